The summed E-state index contributed by atoms with van der Waals surface area (Å²) in [5, 5.41) is 0. The molecule has 0 aromatic carbocycles. The topological polar surface area (TPSA) is 49.3 Å². The Balaban J connectivity index is 1.55. The Hall–Kier alpha value is -1.65. The van der Waals surface area contributed by atoms with Gasteiger partial charge in [0.25, 0.3) is 0 Å². The zero-order chi connectivity index (χ0) is 13.5. The van der Waals surface area contributed by atoms with Gasteiger partial charge in [0.15, 0.2) is 0 Å². The van der Waals surface area contributed by atoms with Crippen LogP contribution in [0.1, 0.15) is 36.9 Å². The fourth-order valence-electron chi connectivity index (χ4n) is 3.31. The van der Waals surface area contributed by atoms with Crippen molar-refractivity contribution >= 4 is 11.7 Å². The minimum Gasteiger partial charge on any atom is -0.337 e. The van der Waals surface area contributed by atoms with Gasteiger partial charge in [0.1, 0.15) is 12.1 Å². The van der Waals surface area contributed by atoms with Crippen LogP contribution in [0.5, 0.6) is 0 Å². The molecular formula is C15H20N4O. The van der Waals surface area contributed by atoms with E-state index in [0.717, 1.165) is 44.6 Å². The van der Waals surface area contributed by atoms with Crippen LogP contribution in [0.15, 0.2) is 6.33 Å². The summed E-state index contributed by atoms with van der Waals surface area (Å²) >= 11 is 0. The first-order chi connectivity index (χ1) is 9.83. The van der Waals surface area contributed by atoms with E-state index < -0.39 is 0 Å². The summed E-state index contributed by atoms with van der Waals surface area (Å²) in [5.41, 5.74) is 2.53. The minimum absolute atomic E-state index is 0.314. The Morgan fingerprint density at radius 1 is 1.15 bits per heavy atom. The highest BCUT2D eigenvalue weighted by Crippen LogP contribution is 2.33. The summed E-state index contributed by atoms with van der Waals surface area (Å²) in [6.07, 6.45) is 8.46. The number of carbonyl (C=O) groups is 1. The lowest BCUT2D eigenvalue weighted by molar-refractivity contribution is -0.131. The summed E-state index contributed by atoms with van der Waals surface area (Å²) in [5.74, 6) is 1.73. The van der Waals surface area contributed by atoms with Gasteiger partial charge < -0.3 is 9.80 Å². The number of aryl methyl sites for hydroxylation is 1. The molecule has 0 bridgehead atoms. The van der Waals surface area contributed by atoms with E-state index in [1.54, 1.807) is 6.33 Å². The molecule has 1 aliphatic heterocycles. The number of fused-ring (bicyclic) bond motifs is 1. The molecule has 0 radical (unpaired) electrons. The molecule has 5 heteroatoms. The number of aromatic nitrogens is 2. The highest BCUT2D eigenvalue weighted by atomic mass is 16.2. The van der Waals surface area contributed by atoms with Crippen molar-refractivity contribution in [2.24, 2.45) is 5.92 Å². The molecule has 0 atom stereocenters. The summed E-state index contributed by atoms with van der Waals surface area (Å²) in [4.78, 5) is 25.3. The maximum Gasteiger partial charge on any atom is 0.227 e. The number of carbonyl (C=O) groups excluding carboxylic acids is 1. The molecule has 0 N–H and O–H groups in total. The first-order valence-electron chi connectivity index (χ1n) is 7.69. The number of amides is 1. The predicted octanol–water partition coefficient (Wildman–Crippen LogP) is 1.37. The molecule has 1 amide bonds. The summed E-state index contributed by atoms with van der Waals surface area (Å²) in [6, 6.07) is 0. The fourth-order valence-corrected chi connectivity index (χ4v) is 3.31. The standard InChI is InChI=1S/C15H20N4O/c20-15(11-5-6-11)19-8-7-18(10-19)14-12-3-1-2-4-13(12)16-9-17-14/h9,11H,1-8,10H2. The normalized spacial score (nSPS) is 22.0. The second kappa shape index (κ2) is 4.72. The van der Waals surface area contributed by atoms with Gasteiger partial charge in [-0.25, -0.2) is 9.97 Å². The zero-order valence-electron chi connectivity index (χ0n) is 11.7. The van der Waals surface area contributed by atoms with Crippen molar-refractivity contribution in [2.75, 3.05) is 24.7 Å². The maximum atomic E-state index is 12.1. The van der Waals surface area contributed by atoms with Crippen molar-refractivity contribution < 1.29 is 4.79 Å². The van der Waals surface area contributed by atoms with Gasteiger partial charge in [0.05, 0.1) is 6.67 Å². The van der Waals surface area contributed by atoms with Crippen LogP contribution in [-0.4, -0.2) is 40.5 Å². The minimum atomic E-state index is 0.314. The van der Waals surface area contributed by atoms with E-state index in [9.17, 15) is 4.79 Å². The second-order valence-corrected chi connectivity index (χ2v) is 6.11. The molecule has 3 aliphatic rings. The Kier molecular flexibility index (Phi) is 2.86. The predicted molar refractivity (Wildman–Crippen MR) is 75.3 cm³/mol. The molecule has 5 nitrogen and oxygen atoms in total. The lowest BCUT2D eigenvalue weighted by Crippen LogP contribution is -2.33. The highest BCUT2D eigenvalue weighted by molar-refractivity contribution is 5.81. The number of anilines is 1. The molecule has 1 aromatic heterocycles. The van der Waals surface area contributed by atoms with E-state index in [1.807, 2.05) is 4.90 Å². The van der Waals surface area contributed by atoms with E-state index in [4.69, 9.17) is 0 Å². The van der Waals surface area contributed by atoms with Crippen molar-refractivity contribution in [1.29, 1.82) is 0 Å². The second-order valence-electron chi connectivity index (χ2n) is 6.11. The molecule has 20 heavy (non-hydrogen) atoms. The smallest absolute Gasteiger partial charge is 0.227 e. The van der Waals surface area contributed by atoms with Crippen molar-refractivity contribution in [3.63, 3.8) is 0 Å². The first-order valence-corrected chi connectivity index (χ1v) is 7.69. The molecule has 106 valence electrons. The van der Waals surface area contributed by atoms with Gasteiger partial charge in [-0.05, 0) is 38.5 Å². The zero-order valence-corrected chi connectivity index (χ0v) is 11.7. The van der Waals surface area contributed by atoms with Crippen molar-refractivity contribution in [1.82, 2.24) is 14.9 Å². The van der Waals surface area contributed by atoms with Gasteiger partial charge in [-0.2, -0.15) is 0 Å². The average Bonchev–Trinajstić information content (AvgIpc) is 3.23. The van der Waals surface area contributed by atoms with Crippen LogP contribution in [0.25, 0.3) is 0 Å². The Morgan fingerprint density at radius 3 is 2.85 bits per heavy atom. The van der Waals surface area contributed by atoms with Crippen molar-refractivity contribution in [3.05, 3.63) is 17.6 Å². The summed E-state index contributed by atoms with van der Waals surface area (Å²) in [6.45, 7) is 2.45. The molecule has 0 spiro atoms. The number of nitrogens with zero attached hydrogens (tertiary/aromatic N) is 4. The third kappa shape index (κ3) is 2.05. The summed E-state index contributed by atoms with van der Waals surface area (Å²) in [7, 11) is 0. The van der Waals surface area contributed by atoms with Crippen LogP contribution in [0.4, 0.5) is 5.82 Å². The fraction of sp³-hybridized carbons (Fsp3) is 0.667. The molecule has 2 fully saturated rings. The van der Waals surface area contributed by atoms with E-state index in [-0.39, 0.29) is 0 Å². The number of rotatable bonds is 2. The van der Waals surface area contributed by atoms with E-state index in [0.29, 0.717) is 18.5 Å². The van der Waals surface area contributed by atoms with Gasteiger partial charge in [-0.1, -0.05) is 0 Å². The van der Waals surface area contributed by atoms with E-state index in [1.165, 1.54) is 24.1 Å². The highest BCUT2D eigenvalue weighted by Gasteiger charge is 2.36. The van der Waals surface area contributed by atoms with Crippen molar-refractivity contribution in [2.45, 2.75) is 38.5 Å². The third-order valence-corrected chi connectivity index (χ3v) is 4.62. The quantitative estimate of drug-likeness (QED) is 0.816. The molecule has 2 aliphatic carbocycles. The number of hydrogen-bond acceptors (Lipinski definition) is 4. The van der Waals surface area contributed by atoms with E-state index in [2.05, 4.69) is 14.9 Å². The average molecular weight is 272 g/mol. The Bertz CT molecular complexity index is 541. The maximum absolute atomic E-state index is 12.1. The Morgan fingerprint density at radius 2 is 2.00 bits per heavy atom. The van der Waals surface area contributed by atoms with Crippen LogP contribution in [-0.2, 0) is 17.6 Å². The van der Waals surface area contributed by atoms with Crippen LogP contribution in [0.3, 0.4) is 0 Å². The number of hydrogen-bond donors (Lipinski definition) is 0. The molecule has 0 unspecified atom stereocenters. The van der Waals surface area contributed by atoms with Gasteiger partial charge in [-0.15, -0.1) is 0 Å². The molecule has 2 heterocycles. The molecular weight excluding hydrogens is 252 g/mol. The third-order valence-electron chi connectivity index (χ3n) is 4.62. The van der Waals surface area contributed by atoms with Gasteiger partial charge in [-0.3, -0.25) is 4.79 Å². The van der Waals surface area contributed by atoms with Crippen LogP contribution in [0.2, 0.25) is 0 Å². The lowest BCUT2D eigenvalue weighted by Gasteiger charge is -2.24. The first kappa shape index (κ1) is 12.1. The SMILES string of the molecule is O=C(C1CC1)N1CCN(c2ncnc3c2CCCC3)C1. The van der Waals surface area contributed by atoms with Crippen LogP contribution in [0, 0.1) is 5.92 Å². The monoisotopic (exact) mass is 272 g/mol. The summed E-state index contributed by atoms with van der Waals surface area (Å²) < 4.78 is 0. The molecule has 4 rings (SSSR count). The largest absolute Gasteiger partial charge is 0.337 e. The van der Waals surface area contributed by atoms with Crippen LogP contribution < -0.4 is 4.90 Å². The molecule has 1 saturated carbocycles. The lowest BCUT2D eigenvalue weighted by atomic mass is 9.96. The van der Waals surface area contributed by atoms with Crippen molar-refractivity contribution in [3.8, 4) is 0 Å². The van der Waals surface area contributed by atoms with Crippen LogP contribution >= 0.6 is 0 Å². The Labute approximate surface area is 119 Å². The molecule has 1 saturated heterocycles. The van der Waals surface area contributed by atoms with Gasteiger partial charge in [0.2, 0.25) is 5.91 Å². The van der Waals surface area contributed by atoms with E-state index >= 15 is 0 Å². The molecule has 1 aromatic rings. The van der Waals surface area contributed by atoms with Gasteiger partial charge in [0, 0.05) is 30.3 Å². The van der Waals surface area contributed by atoms with Gasteiger partial charge >= 0.3 is 0 Å².